The molecule has 1 N–H and O–H groups in total. The number of halogens is 1. The van der Waals surface area contributed by atoms with E-state index < -0.39 is 5.97 Å². The molecule has 5 nitrogen and oxygen atoms in total. The van der Waals surface area contributed by atoms with Crippen molar-refractivity contribution in [2.75, 3.05) is 5.32 Å². The minimum absolute atomic E-state index is 0.0340. The Kier molecular flexibility index (Phi) is 5.19. The third kappa shape index (κ3) is 3.83. The van der Waals surface area contributed by atoms with Gasteiger partial charge in [0, 0.05) is 18.0 Å². The second kappa shape index (κ2) is 7.54. The van der Waals surface area contributed by atoms with E-state index in [1.165, 1.54) is 6.92 Å². The second-order valence-corrected chi connectivity index (χ2v) is 6.23. The van der Waals surface area contributed by atoms with Crippen LogP contribution in [0, 0.1) is 6.92 Å². The molecule has 0 unspecified atom stereocenters. The van der Waals surface area contributed by atoms with E-state index in [4.69, 9.17) is 16.3 Å². The molecule has 1 amide bonds. The molecule has 0 aliphatic carbocycles. The maximum absolute atomic E-state index is 12.3. The first kappa shape index (κ1) is 17.9. The Balaban J connectivity index is 1.79. The van der Waals surface area contributed by atoms with Gasteiger partial charge < -0.3 is 10.1 Å². The minimum atomic E-state index is -0.513. The first-order valence-electron chi connectivity index (χ1n) is 8.04. The van der Waals surface area contributed by atoms with Gasteiger partial charge in [-0.15, -0.1) is 0 Å². The molecule has 0 saturated carbocycles. The van der Waals surface area contributed by atoms with Gasteiger partial charge in [-0.2, -0.15) is 0 Å². The number of anilines is 1. The van der Waals surface area contributed by atoms with Crippen molar-refractivity contribution in [2.45, 2.75) is 20.5 Å². The third-order valence-corrected chi connectivity index (χ3v) is 4.41. The monoisotopic (exact) mass is 368 g/mol. The Hall–Kier alpha value is -2.92. The Morgan fingerprint density at radius 3 is 2.69 bits per heavy atom. The molecule has 0 radical (unpaired) electrons. The summed E-state index contributed by atoms with van der Waals surface area (Å²) >= 11 is 6.38. The van der Waals surface area contributed by atoms with Gasteiger partial charge in [0.15, 0.2) is 0 Å². The number of benzene rings is 2. The first-order chi connectivity index (χ1) is 12.5. The summed E-state index contributed by atoms with van der Waals surface area (Å²) in [5.74, 6) is -0.723. The van der Waals surface area contributed by atoms with Gasteiger partial charge >= 0.3 is 5.97 Å². The van der Waals surface area contributed by atoms with Gasteiger partial charge in [0.05, 0.1) is 21.8 Å². The fourth-order valence-electron chi connectivity index (χ4n) is 2.66. The summed E-state index contributed by atoms with van der Waals surface area (Å²) in [6.07, 6.45) is 0. The number of nitrogens with one attached hydrogen (secondary N) is 1. The summed E-state index contributed by atoms with van der Waals surface area (Å²) in [4.78, 5) is 27.9. The highest BCUT2D eigenvalue weighted by molar-refractivity contribution is 6.32. The van der Waals surface area contributed by atoms with E-state index in [1.807, 2.05) is 31.2 Å². The lowest BCUT2D eigenvalue weighted by atomic mass is 10.1. The molecule has 0 bridgehead atoms. The van der Waals surface area contributed by atoms with E-state index in [1.54, 1.807) is 24.3 Å². The summed E-state index contributed by atoms with van der Waals surface area (Å²) in [7, 11) is 0. The highest BCUT2D eigenvalue weighted by atomic mass is 35.5. The van der Waals surface area contributed by atoms with Crippen molar-refractivity contribution in [1.82, 2.24) is 4.98 Å². The summed E-state index contributed by atoms with van der Waals surface area (Å²) in [5, 5.41) is 4.09. The molecule has 0 fully saturated rings. The molecule has 26 heavy (non-hydrogen) atoms. The minimum Gasteiger partial charge on any atom is -0.456 e. The number of rotatable bonds is 4. The number of aromatic nitrogens is 1. The van der Waals surface area contributed by atoms with Crippen LogP contribution in [-0.2, 0) is 16.1 Å². The van der Waals surface area contributed by atoms with Gasteiger partial charge in [0.2, 0.25) is 5.91 Å². The summed E-state index contributed by atoms with van der Waals surface area (Å²) in [6, 6.07) is 14.2. The van der Waals surface area contributed by atoms with Crippen LogP contribution in [0.25, 0.3) is 10.9 Å². The van der Waals surface area contributed by atoms with Crippen LogP contribution >= 0.6 is 11.6 Å². The van der Waals surface area contributed by atoms with E-state index in [2.05, 4.69) is 10.3 Å². The fraction of sp³-hybridized carbons (Fsp3) is 0.150. The smallest absolute Gasteiger partial charge is 0.338 e. The average molecular weight is 369 g/mol. The van der Waals surface area contributed by atoms with Crippen LogP contribution in [0.5, 0.6) is 0 Å². The molecule has 132 valence electrons. The number of pyridine rings is 1. The Labute approximate surface area is 156 Å². The molecule has 0 atom stereocenters. The molecule has 0 aliphatic heterocycles. The number of para-hydroxylation sites is 1. The maximum Gasteiger partial charge on any atom is 0.338 e. The van der Waals surface area contributed by atoms with Crippen LogP contribution in [0.1, 0.15) is 28.5 Å². The quantitative estimate of drug-likeness (QED) is 0.688. The number of ether oxygens (including phenoxy) is 1. The summed E-state index contributed by atoms with van der Waals surface area (Å²) in [5.41, 5.74) is 3.08. The molecule has 3 rings (SSSR count). The zero-order valence-corrected chi connectivity index (χ0v) is 15.1. The number of aryl methyl sites for hydroxylation is 1. The van der Waals surface area contributed by atoms with Gasteiger partial charge in [-0.25, -0.2) is 9.78 Å². The standard InChI is InChI=1S/C20H17ClN2O3/c1-12-16-8-3-4-9-17(16)23-18(19(12)21)11-26-20(25)14-6-5-7-15(10-14)22-13(2)24/h3-10H,11H2,1-2H3,(H,22,24). The lowest BCUT2D eigenvalue weighted by Crippen LogP contribution is -2.09. The second-order valence-electron chi connectivity index (χ2n) is 5.85. The van der Waals surface area contributed by atoms with Crippen LogP contribution in [0.3, 0.4) is 0 Å². The Bertz CT molecular complexity index is 1000. The molecule has 0 saturated heterocycles. The molecule has 1 heterocycles. The molecule has 2 aromatic carbocycles. The van der Waals surface area contributed by atoms with Gasteiger partial charge in [0.1, 0.15) is 6.61 Å². The van der Waals surface area contributed by atoms with Crippen LogP contribution in [0.2, 0.25) is 5.02 Å². The van der Waals surface area contributed by atoms with Crippen molar-refractivity contribution in [3.05, 3.63) is 70.4 Å². The summed E-state index contributed by atoms with van der Waals surface area (Å²) < 4.78 is 5.36. The van der Waals surface area contributed by atoms with Crippen molar-refractivity contribution in [3.8, 4) is 0 Å². The lowest BCUT2D eigenvalue weighted by Gasteiger charge is -2.11. The van der Waals surface area contributed by atoms with Crippen LogP contribution in [0.4, 0.5) is 5.69 Å². The number of nitrogens with zero attached hydrogens (tertiary/aromatic N) is 1. The molecular weight excluding hydrogens is 352 g/mol. The van der Waals surface area contributed by atoms with E-state index in [9.17, 15) is 9.59 Å². The van der Waals surface area contributed by atoms with Crippen LogP contribution in [-0.4, -0.2) is 16.9 Å². The molecule has 3 aromatic rings. The number of carbonyl (C=O) groups is 2. The molecule has 1 aromatic heterocycles. The number of esters is 1. The van der Waals surface area contributed by atoms with Crippen molar-refractivity contribution < 1.29 is 14.3 Å². The lowest BCUT2D eigenvalue weighted by molar-refractivity contribution is -0.114. The Morgan fingerprint density at radius 2 is 1.92 bits per heavy atom. The molecule has 0 spiro atoms. The van der Waals surface area contributed by atoms with Crippen molar-refractivity contribution in [3.63, 3.8) is 0 Å². The molecule has 0 aliphatic rings. The number of hydrogen-bond donors (Lipinski definition) is 1. The fourth-order valence-corrected chi connectivity index (χ4v) is 2.86. The van der Waals surface area contributed by atoms with Crippen molar-refractivity contribution in [1.29, 1.82) is 0 Å². The van der Waals surface area contributed by atoms with Gasteiger partial charge in [0.25, 0.3) is 0 Å². The van der Waals surface area contributed by atoms with Crippen molar-refractivity contribution in [2.24, 2.45) is 0 Å². The molecular formula is C20H17ClN2O3. The van der Waals surface area contributed by atoms with Crippen LogP contribution in [0.15, 0.2) is 48.5 Å². The number of hydrogen-bond acceptors (Lipinski definition) is 4. The average Bonchev–Trinajstić information content (AvgIpc) is 2.63. The largest absolute Gasteiger partial charge is 0.456 e. The number of carbonyl (C=O) groups excluding carboxylic acids is 2. The Morgan fingerprint density at radius 1 is 1.15 bits per heavy atom. The highest BCUT2D eigenvalue weighted by Gasteiger charge is 2.14. The normalized spacial score (nSPS) is 10.6. The first-order valence-corrected chi connectivity index (χ1v) is 8.42. The van der Waals surface area contributed by atoms with Gasteiger partial charge in [-0.3, -0.25) is 4.79 Å². The predicted molar refractivity (Wildman–Crippen MR) is 101 cm³/mol. The SMILES string of the molecule is CC(=O)Nc1cccc(C(=O)OCc2nc3ccccc3c(C)c2Cl)c1. The molecule has 6 heteroatoms. The van der Waals surface area contributed by atoms with E-state index in [0.29, 0.717) is 22.0 Å². The highest BCUT2D eigenvalue weighted by Crippen LogP contribution is 2.27. The zero-order valence-electron chi connectivity index (χ0n) is 14.4. The van der Waals surface area contributed by atoms with Gasteiger partial charge in [-0.05, 0) is 36.8 Å². The number of fused-ring (bicyclic) bond motifs is 1. The summed E-state index contributed by atoms with van der Waals surface area (Å²) in [6.45, 7) is 3.28. The third-order valence-electron chi connectivity index (χ3n) is 3.90. The predicted octanol–water partition coefficient (Wildman–Crippen LogP) is 4.51. The maximum atomic E-state index is 12.3. The van der Waals surface area contributed by atoms with Crippen LogP contribution < -0.4 is 5.32 Å². The van der Waals surface area contributed by atoms with E-state index >= 15 is 0 Å². The topological polar surface area (TPSA) is 68.3 Å². The zero-order chi connectivity index (χ0) is 18.7. The number of amides is 1. The van der Waals surface area contributed by atoms with E-state index in [-0.39, 0.29) is 12.5 Å². The van der Waals surface area contributed by atoms with E-state index in [0.717, 1.165) is 16.5 Å². The van der Waals surface area contributed by atoms with Gasteiger partial charge in [-0.1, -0.05) is 35.9 Å². The van der Waals surface area contributed by atoms with Crippen molar-refractivity contribution >= 4 is 40.1 Å².